The molecule has 0 aliphatic carbocycles. The molecular formula is C14H29NO2. The average Bonchev–Trinajstić information content (AvgIpc) is 2.36. The standard InChI is InChI=1S/C14H29NO2/c1-2-3-4-7-14(16)8-5-6-9-15-10-12-17-13-11-15/h14,16H,2-13H2,1H3/t14-/m0/s1. The molecule has 1 saturated heterocycles. The second kappa shape index (κ2) is 9.86. The Bertz CT molecular complexity index is 170. The van der Waals surface area contributed by atoms with Crippen molar-refractivity contribution in [3.63, 3.8) is 0 Å². The van der Waals surface area contributed by atoms with Crippen LogP contribution in [-0.4, -0.2) is 49.0 Å². The lowest BCUT2D eigenvalue weighted by Gasteiger charge is -2.26. The van der Waals surface area contributed by atoms with Gasteiger partial charge in [0.2, 0.25) is 0 Å². The van der Waals surface area contributed by atoms with Crippen LogP contribution in [0.2, 0.25) is 0 Å². The van der Waals surface area contributed by atoms with Crippen LogP contribution in [0.5, 0.6) is 0 Å². The Hall–Kier alpha value is -0.120. The topological polar surface area (TPSA) is 32.7 Å². The monoisotopic (exact) mass is 243 g/mol. The molecule has 1 rings (SSSR count). The van der Waals surface area contributed by atoms with E-state index < -0.39 is 0 Å². The molecule has 1 heterocycles. The summed E-state index contributed by atoms with van der Waals surface area (Å²) in [5.41, 5.74) is 0. The van der Waals surface area contributed by atoms with Crippen LogP contribution in [0.4, 0.5) is 0 Å². The van der Waals surface area contributed by atoms with E-state index in [9.17, 15) is 5.11 Å². The van der Waals surface area contributed by atoms with Crippen LogP contribution >= 0.6 is 0 Å². The number of rotatable bonds is 9. The summed E-state index contributed by atoms with van der Waals surface area (Å²) in [6.07, 6.45) is 7.95. The molecule has 0 aromatic rings. The zero-order valence-electron chi connectivity index (χ0n) is 11.4. The fourth-order valence-corrected chi connectivity index (χ4v) is 2.31. The van der Waals surface area contributed by atoms with Gasteiger partial charge in [0.15, 0.2) is 0 Å². The van der Waals surface area contributed by atoms with Gasteiger partial charge in [-0.25, -0.2) is 0 Å². The van der Waals surface area contributed by atoms with Gasteiger partial charge in [0.25, 0.3) is 0 Å². The molecular weight excluding hydrogens is 214 g/mol. The van der Waals surface area contributed by atoms with E-state index in [0.29, 0.717) is 0 Å². The Morgan fingerprint density at radius 2 is 1.71 bits per heavy atom. The number of morpholine rings is 1. The highest BCUT2D eigenvalue weighted by Crippen LogP contribution is 2.10. The first-order valence-electron chi connectivity index (χ1n) is 7.31. The maximum atomic E-state index is 9.78. The molecule has 1 N–H and O–H groups in total. The van der Waals surface area contributed by atoms with E-state index in [1.54, 1.807) is 0 Å². The second-order valence-electron chi connectivity index (χ2n) is 5.10. The normalized spacial score (nSPS) is 19.4. The second-order valence-corrected chi connectivity index (χ2v) is 5.10. The Morgan fingerprint density at radius 1 is 1.06 bits per heavy atom. The van der Waals surface area contributed by atoms with Crippen LogP contribution in [0.1, 0.15) is 51.9 Å². The van der Waals surface area contributed by atoms with Gasteiger partial charge in [-0.1, -0.05) is 26.2 Å². The maximum Gasteiger partial charge on any atom is 0.0594 e. The van der Waals surface area contributed by atoms with Gasteiger partial charge in [-0.2, -0.15) is 0 Å². The van der Waals surface area contributed by atoms with Gasteiger partial charge in [-0.3, -0.25) is 4.90 Å². The van der Waals surface area contributed by atoms with Crippen LogP contribution in [-0.2, 0) is 4.74 Å². The van der Waals surface area contributed by atoms with Crippen molar-refractivity contribution in [2.75, 3.05) is 32.8 Å². The molecule has 1 atom stereocenters. The molecule has 0 spiro atoms. The molecule has 0 amide bonds. The van der Waals surface area contributed by atoms with Crippen molar-refractivity contribution >= 4 is 0 Å². The average molecular weight is 243 g/mol. The van der Waals surface area contributed by atoms with Gasteiger partial charge in [-0.05, 0) is 32.2 Å². The third-order valence-corrected chi connectivity index (χ3v) is 3.51. The van der Waals surface area contributed by atoms with Gasteiger partial charge < -0.3 is 9.84 Å². The van der Waals surface area contributed by atoms with E-state index in [2.05, 4.69) is 11.8 Å². The van der Waals surface area contributed by atoms with Crippen LogP contribution in [0.15, 0.2) is 0 Å². The lowest BCUT2D eigenvalue weighted by atomic mass is 10.1. The molecule has 0 unspecified atom stereocenters. The van der Waals surface area contributed by atoms with Crippen molar-refractivity contribution in [1.29, 1.82) is 0 Å². The Balaban J connectivity index is 1.88. The summed E-state index contributed by atoms with van der Waals surface area (Å²) in [5, 5.41) is 9.78. The third-order valence-electron chi connectivity index (χ3n) is 3.51. The highest BCUT2D eigenvalue weighted by molar-refractivity contribution is 4.63. The highest BCUT2D eigenvalue weighted by atomic mass is 16.5. The van der Waals surface area contributed by atoms with Crippen molar-refractivity contribution in [1.82, 2.24) is 4.90 Å². The van der Waals surface area contributed by atoms with E-state index in [4.69, 9.17) is 4.74 Å². The molecule has 3 nitrogen and oxygen atoms in total. The molecule has 1 fully saturated rings. The number of hydrogen-bond donors (Lipinski definition) is 1. The number of unbranched alkanes of at least 4 members (excludes halogenated alkanes) is 3. The van der Waals surface area contributed by atoms with Gasteiger partial charge in [0, 0.05) is 13.1 Å². The maximum absolute atomic E-state index is 9.78. The van der Waals surface area contributed by atoms with E-state index in [1.165, 1.54) is 32.2 Å². The number of nitrogens with zero attached hydrogens (tertiary/aromatic N) is 1. The third kappa shape index (κ3) is 7.74. The van der Waals surface area contributed by atoms with Crippen molar-refractivity contribution in [2.24, 2.45) is 0 Å². The lowest BCUT2D eigenvalue weighted by molar-refractivity contribution is 0.0365. The number of aliphatic hydroxyl groups excluding tert-OH is 1. The predicted octanol–water partition coefficient (Wildman–Crippen LogP) is 2.43. The quantitative estimate of drug-likeness (QED) is 0.631. The summed E-state index contributed by atoms with van der Waals surface area (Å²) in [6.45, 7) is 7.32. The predicted molar refractivity (Wildman–Crippen MR) is 71.3 cm³/mol. The van der Waals surface area contributed by atoms with Crippen molar-refractivity contribution in [3.05, 3.63) is 0 Å². The minimum atomic E-state index is -0.0637. The molecule has 102 valence electrons. The molecule has 3 heteroatoms. The lowest BCUT2D eigenvalue weighted by Crippen LogP contribution is -2.36. The Kier molecular flexibility index (Phi) is 8.67. The van der Waals surface area contributed by atoms with Crippen molar-refractivity contribution in [3.8, 4) is 0 Å². The fraction of sp³-hybridized carbons (Fsp3) is 1.00. The van der Waals surface area contributed by atoms with E-state index in [-0.39, 0.29) is 6.10 Å². The molecule has 1 aliphatic rings. The zero-order valence-corrected chi connectivity index (χ0v) is 11.4. The van der Waals surface area contributed by atoms with Gasteiger partial charge >= 0.3 is 0 Å². The first-order chi connectivity index (χ1) is 8.33. The molecule has 0 bridgehead atoms. The van der Waals surface area contributed by atoms with Crippen LogP contribution < -0.4 is 0 Å². The summed E-state index contributed by atoms with van der Waals surface area (Å²) in [5.74, 6) is 0. The number of hydrogen-bond acceptors (Lipinski definition) is 3. The SMILES string of the molecule is CCCCC[C@H](O)CCCCN1CCOCC1. The molecule has 0 aromatic carbocycles. The van der Waals surface area contributed by atoms with Crippen LogP contribution in [0.3, 0.4) is 0 Å². The summed E-state index contributed by atoms with van der Waals surface area (Å²) in [6, 6.07) is 0. The Labute approximate surface area is 106 Å². The summed E-state index contributed by atoms with van der Waals surface area (Å²) in [4.78, 5) is 2.47. The first-order valence-corrected chi connectivity index (χ1v) is 7.31. The van der Waals surface area contributed by atoms with Crippen LogP contribution in [0, 0.1) is 0 Å². The fourth-order valence-electron chi connectivity index (χ4n) is 2.31. The zero-order chi connectivity index (χ0) is 12.3. The number of aliphatic hydroxyl groups is 1. The Morgan fingerprint density at radius 3 is 2.35 bits per heavy atom. The minimum absolute atomic E-state index is 0.0637. The van der Waals surface area contributed by atoms with E-state index >= 15 is 0 Å². The highest BCUT2D eigenvalue weighted by Gasteiger charge is 2.10. The van der Waals surface area contributed by atoms with Crippen molar-refractivity contribution in [2.45, 2.75) is 58.0 Å². The molecule has 1 aliphatic heterocycles. The minimum Gasteiger partial charge on any atom is -0.393 e. The van der Waals surface area contributed by atoms with Gasteiger partial charge in [0.05, 0.1) is 19.3 Å². The summed E-state index contributed by atoms with van der Waals surface area (Å²) < 4.78 is 5.32. The van der Waals surface area contributed by atoms with E-state index in [1.807, 2.05) is 0 Å². The summed E-state index contributed by atoms with van der Waals surface area (Å²) >= 11 is 0. The molecule has 0 aromatic heterocycles. The first kappa shape index (κ1) is 14.9. The van der Waals surface area contributed by atoms with Gasteiger partial charge in [-0.15, -0.1) is 0 Å². The van der Waals surface area contributed by atoms with Gasteiger partial charge in [0.1, 0.15) is 0 Å². The largest absolute Gasteiger partial charge is 0.393 e. The molecule has 17 heavy (non-hydrogen) atoms. The van der Waals surface area contributed by atoms with Crippen LogP contribution in [0.25, 0.3) is 0 Å². The molecule has 0 saturated carbocycles. The summed E-state index contributed by atoms with van der Waals surface area (Å²) in [7, 11) is 0. The van der Waals surface area contributed by atoms with Crippen molar-refractivity contribution < 1.29 is 9.84 Å². The smallest absolute Gasteiger partial charge is 0.0594 e. The number of ether oxygens (including phenoxy) is 1. The van der Waals surface area contributed by atoms with E-state index in [0.717, 1.165) is 45.6 Å². The molecule has 0 radical (unpaired) electrons.